The number of nitrogens with zero attached hydrogens (tertiary/aromatic N) is 2. The lowest BCUT2D eigenvalue weighted by Gasteiger charge is -2.39. The van der Waals surface area contributed by atoms with E-state index in [1.807, 2.05) is 40.0 Å². The maximum atomic E-state index is 13.7. The minimum atomic E-state index is -0.650. The molecule has 4 atom stereocenters. The van der Waals surface area contributed by atoms with Gasteiger partial charge in [0.25, 0.3) is 0 Å². The van der Waals surface area contributed by atoms with E-state index in [2.05, 4.69) is 29.4 Å². The average molecular weight is 541 g/mol. The SMILES string of the molecule is CSCC[C@@H](CO)NC(=O)/C(C)=C/[C@H](C(C)C)N(C)C(=O)[C@@H](NC(=O)[C@H]1CCCCN1C(C)C)C(C)C. The Hall–Kier alpha value is -1.58. The minimum Gasteiger partial charge on any atom is -0.394 e. The molecule has 37 heavy (non-hydrogen) atoms. The molecule has 9 heteroatoms. The second-order valence-electron chi connectivity index (χ2n) is 11.2. The lowest BCUT2D eigenvalue weighted by Crippen LogP contribution is -2.58. The van der Waals surface area contributed by atoms with Crippen molar-refractivity contribution < 1.29 is 19.5 Å². The Kier molecular flexibility index (Phi) is 14.8. The summed E-state index contributed by atoms with van der Waals surface area (Å²) >= 11 is 1.67. The van der Waals surface area contributed by atoms with Crippen LogP contribution in [-0.2, 0) is 14.4 Å². The van der Waals surface area contributed by atoms with Gasteiger partial charge < -0.3 is 20.6 Å². The number of nitrogens with one attached hydrogen (secondary N) is 2. The Balaban J connectivity index is 3.03. The first-order chi connectivity index (χ1) is 17.3. The van der Waals surface area contributed by atoms with Crippen molar-refractivity contribution in [3.63, 3.8) is 0 Å². The third kappa shape index (κ3) is 10.2. The van der Waals surface area contributed by atoms with Crippen molar-refractivity contribution in [2.24, 2.45) is 11.8 Å². The van der Waals surface area contributed by atoms with Gasteiger partial charge in [0.15, 0.2) is 0 Å². The smallest absolute Gasteiger partial charge is 0.246 e. The van der Waals surface area contributed by atoms with Crippen molar-refractivity contribution in [2.45, 2.75) is 104 Å². The van der Waals surface area contributed by atoms with Crippen LogP contribution in [0.15, 0.2) is 11.6 Å². The Morgan fingerprint density at radius 3 is 2.24 bits per heavy atom. The molecule has 0 unspecified atom stereocenters. The molecule has 214 valence electrons. The van der Waals surface area contributed by atoms with Gasteiger partial charge in [-0.05, 0) is 70.4 Å². The fourth-order valence-corrected chi connectivity index (χ4v) is 5.35. The van der Waals surface area contributed by atoms with Crippen LogP contribution < -0.4 is 10.6 Å². The predicted molar refractivity (Wildman–Crippen MR) is 153 cm³/mol. The highest BCUT2D eigenvalue weighted by Gasteiger charge is 2.36. The summed E-state index contributed by atoms with van der Waals surface area (Å²) in [5, 5.41) is 15.6. The molecule has 1 rings (SSSR count). The average Bonchev–Trinajstić information content (AvgIpc) is 2.86. The normalized spacial score (nSPS) is 19.6. The Labute approximate surface area is 229 Å². The molecule has 1 saturated heterocycles. The third-order valence-corrected chi connectivity index (χ3v) is 7.87. The predicted octanol–water partition coefficient (Wildman–Crippen LogP) is 3.05. The van der Waals surface area contributed by atoms with E-state index in [4.69, 9.17) is 0 Å². The molecule has 1 fully saturated rings. The molecule has 1 aliphatic rings. The molecule has 8 nitrogen and oxygen atoms in total. The Morgan fingerprint density at radius 1 is 1.08 bits per heavy atom. The van der Waals surface area contributed by atoms with Crippen molar-refractivity contribution >= 4 is 29.5 Å². The van der Waals surface area contributed by atoms with Crippen LogP contribution in [0.5, 0.6) is 0 Å². The van der Waals surface area contributed by atoms with Gasteiger partial charge >= 0.3 is 0 Å². The van der Waals surface area contributed by atoms with E-state index >= 15 is 0 Å². The number of aliphatic hydroxyl groups is 1. The highest BCUT2D eigenvalue weighted by molar-refractivity contribution is 7.98. The van der Waals surface area contributed by atoms with E-state index in [9.17, 15) is 19.5 Å². The number of carbonyl (C=O) groups excluding carboxylic acids is 3. The number of thioether (sulfide) groups is 1. The van der Waals surface area contributed by atoms with E-state index in [0.717, 1.165) is 31.6 Å². The number of likely N-dealkylation sites (tertiary alicyclic amines) is 1. The Bertz CT molecular complexity index is 771. The number of amides is 3. The highest BCUT2D eigenvalue weighted by atomic mass is 32.2. The zero-order valence-electron chi connectivity index (χ0n) is 24.5. The van der Waals surface area contributed by atoms with Gasteiger partial charge in [0.05, 0.1) is 24.7 Å². The molecule has 0 aromatic heterocycles. The lowest BCUT2D eigenvalue weighted by molar-refractivity contribution is -0.140. The van der Waals surface area contributed by atoms with Gasteiger partial charge in [-0.2, -0.15) is 11.8 Å². The monoisotopic (exact) mass is 540 g/mol. The summed E-state index contributed by atoms with van der Waals surface area (Å²) in [4.78, 5) is 43.7. The molecule has 1 aliphatic heterocycles. The zero-order chi connectivity index (χ0) is 28.3. The van der Waals surface area contributed by atoms with Crippen molar-refractivity contribution in [1.29, 1.82) is 0 Å². The van der Waals surface area contributed by atoms with E-state index < -0.39 is 6.04 Å². The van der Waals surface area contributed by atoms with Crippen LogP contribution in [0.1, 0.15) is 74.1 Å². The molecule has 0 spiro atoms. The number of carbonyl (C=O) groups is 3. The summed E-state index contributed by atoms with van der Waals surface area (Å²) in [5.74, 6) is 0.329. The van der Waals surface area contributed by atoms with Gasteiger partial charge in [-0.1, -0.05) is 40.2 Å². The number of aliphatic hydroxyl groups excluding tert-OH is 1. The van der Waals surface area contributed by atoms with Crippen molar-refractivity contribution in [1.82, 2.24) is 20.4 Å². The second-order valence-corrected chi connectivity index (χ2v) is 12.2. The van der Waals surface area contributed by atoms with Crippen LogP contribution in [-0.4, -0.2) is 95.0 Å². The van der Waals surface area contributed by atoms with Crippen molar-refractivity contribution in [2.75, 3.05) is 32.2 Å². The molecular weight excluding hydrogens is 488 g/mol. The fourth-order valence-electron chi connectivity index (χ4n) is 4.83. The van der Waals surface area contributed by atoms with Crippen LogP contribution >= 0.6 is 11.8 Å². The van der Waals surface area contributed by atoms with E-state index in [0.29, 0.717) is 12.0 Å². The van der Waals surface area contributed by atoms with E-state index in [1.165, 1.54) is 0 Å². The summed E-state index contributed by atoms with van der Waals surface area (Å²) in [6.07, 6.45) is 7.40. The summed E-state index contributed by atoms with van der Waals surface area (Å²) in [6.45, 7) is 14.6. The van der Waals surface area contributed by atoms with Crippen LogP contribution in [0.3, 0.4) is 0 Å². The fraction of sp³-hybridized carbons (Fsp3) is 0.821. The number of piperidine rings is 1. The second kappa shape index (κ2) is 16.4. The molecule has 0 aromatic carbocycles. The Morgan fingerprint density at radius 2 is 1.73 bits per heavy atom. The minimum absolute atomic E-state index is 0.0557. The maximum Gasteiger partial charge on any atom is 0.246 e. The molecule has 0 radical (unpaired) electrons. The van der Waals surface area contributed by atoms with Crippen LogP contribution in [0.4, 0.5) is 0 Å². The summed E-state index contributed by atoms with van der Waals surface area (Å²) in [5.41, 5.74) is 0.501. The molecule has 1 heterocycles. The van der Waals surface area contributed by atoms with E-state index in [1.54, 1.807) is 30.6 Å². The molecular formula is C28H52N4O4S. The standard InChI is InChI=1S/C28H52N4O4S/c1-18(2)24(16-21(7)26(34)29-22(17-33)13-15-37-9)31(8)28(36)25(19(3)4)30-27(35)23-12-10-11-14-32(23)20(5)6/h16,18-20,22-25,33H,10-15,17H2,1-9H3,(H,29,34)(H,30,35)/b21-16+/t22-,23+,24+,25-/m0/s1. The van der Waals surface area contributed by atoms with Crippen LogP contribution in [0.2, 0.25) is 0 Å². The number of rotatable bonds is 14. The third-order valence-electron chi connectivity index (χ3n) is 7.22. The van der Waals surface area contributed by atoms with Gasteiger partial charge in [0.2, 0.25) is 17.7 Å². The van der Waals surface area contributed by atoms with Gasteiger partial charge in [0, 0.05) is 18.7 Å². The van der Waals surface area contributed by atoms with Gasteiger partial charge in [-0.15, -0.1) is 0 Å². The molecule has 0 aromatic rings. The van der Waals surface area contributed by atoms with Crippen LogP contribution in [0.25, 0.3) is 0 Å². The van der Waals surface area contributed by atoms with Crippen LogP contribution in [0, 0.1) is 11.8 Å². The van der Waals surface area contributed by atoms with Crippen molar-refractivity contribution in [3.05, 3.63) is 11.6 Å². The molecule has 0 aliphatic carbocycles. The largest absolute Gasteiger partial charge is 0.394 e. The summed E-state index contributed by atoms with van der Waals surface area (Å²) in [6, 6.07) is -1.22. The summed E-state index contributed by atoms with van der Waals surface area (Å²) < 4.78 is 0. The summed E-state index contributed by atoms with van der Waals surface area (Å²) in [7, 11) is 1.74. The molecule has 3 amide bonds. The van der Waals surface area contributed by atoms with Crippen molar-refractivity contribution in [3.8, 4) is 0 Å². The first kappa shape index (κ1) is 33.4. The molecule has 0 bridgehead atoms. The first-order valence-corrected chi connectivity index (χ1v) is 15.2. The van der Waals surface area contributed by atoms with Gasteiger partial charge in [-0.3, -0.25) is 19.3 Å². The van der Waals surface area contributed by atoms with Gasteiger partial charge in [0.1, 0.15) is 6.04 Å². The van der Waals surface area contributed by atoms with E-state index in [-0.39, 0.29) is 60.3 Å². The lowest BCUT2D eigenvalue weighted by atomic mass is 9.95. The maximum absolute atomic E-state index is 13.7. The highest BCUT2D eigenvalue weighted by Crippen LogP contribution is 2.21. The number of hydrogen-bond acceptors (Lipinski definition) is 6. The number of likely N-dealkylation sites (N-methyl/N-ethyl adjacent to an activating group) is 1. The zero-order valence-corrected chi connectivity index (χ0v) is 25.4. The molecule has 3 N–H and O–H groups in total. The number of hydrogen-bond donors (Lipinski definition) is 3. The topological polar surface area (TPSA) is 102 Å². The quantitative estimate of drug-likeness (QED) is 0.293. The molecule has 0 saturated carbocycles. The first-order valence-electron chi connectivity index (χ1n) is 13.8. The van der Waals surface area contributed by atoms with Gasteiger partial charge in [-0.25, -0.2) is 0 Å².